The number of likely N-dealkylation sites (N-methyl/N-ethyl adjacent to an activating group) is 1. The molecule has 34 heavy (non-hydrogen) atoms. The lowest BCUT2D eigenvalue weighted by atomic mass is 10.0. The Balaban J connectivity index is 1.78. The van der Waals surface area contributed by atoms with Crippen LogP contribution in [0, 0.1) is 0 Å². The number of carbonyl (C=O) groups excluding carboxylic acids is 2. The number of hydrogen-bond acceptors (Lipinski definition) is 4. The number of nitrogens with one attached hydrogen (secondary N) is 1. The average Bonchev–Trinajstić information content (AvgIpc) is 2.86. The van der Waals surface area contributed by atoms with Crippen molar-refractivity contribution in [3.63, 3.8) is 0 Å². The average molecular weight is 542 g/mol. The SMILES string of the molecule is CNC(=O)[C@H](Cc1ccccc1)N(Cc1cccc(Br)c1)C(=O)CSCc1ccc(OC)cc1. The van der Waals surface area contributed by atoms with Gasteiger partial charge in [-0.3, -0.25) is 9.59 Å². The molecule has 3 rings (SSSR count). The molecule has 1 atom stereocenters. The van der Waals surface area contributed by atoms with Crippen LogP contribution >= 0.6 is 27.7 Å². The predicted molar refractivity (Wildman–Crippen MR) is 142 cm³/mol. The smallest absolute Gasteiger partial charge is 0.242 e. The van der Waals surface area contributed by atoms with E-state index in [0.29, 0.717) is 18.7 Å². The summed E-state index contributed by atoms with van der Waals surface area (Å²) in [5.74, 6) is 1.54. The van der Waals surface area contributed by atoms with Gasteiger partial charge < -0.3 is 15.0 Å². The van der Waals surface area contributed by atoms with Crippen molar-refractivity contribution in [3.05, 3.63) is 100 Å². The summed E-state index contributed by atoms with van der Waals surface area (Å²) in [6.45, 7) is 0.353. The van der Waals surface area contributed by atoms with Crippen LogP contribution in [0.15, 0.2) is 83.3 Å². The summed E-state index contributed by atoms with van der Waals surface area (Å²) in [5, 5.41) is 2.75. The molecule has 0 aliphatic heterocycles. The molecular formula is C27H29BrN2O3S. The van der Waals surface area contributed by atoms with Gasteiger partial charge in [0.15, 0.2) is 0 Å². The number of benzene rings is 3. The molecule has 0 saturated heterocycles. The minimum atomic E-state index is -0.611. The normalized spacial score (nSPS) is 11.5. The number of rotatable bonds is 11. The van der Waals surface area contributed by atoms with Crippen LogP contribution in [0.3, 0.4) is 0 Å². The Hall–Kier alpha value is -2.77. The number of amides is 2. The lowest BCUT2D eigenvalue weighted by Gasteiger charge is -2.31. The molecule has 0 saturated carbocycles. The Morgan fingerprint density at radius 3 is 2.32 bits per heavy atom. The highest BCUT2D eigenvalue weighted by molar-refractivity contribution is 9.10. The number of methoxy groups -OCH3 is 1. The van der Waals surface area contributed by atoms with E-state index in [-0.39, 0.29) is 17.6 Å². The number of thioether (sulfide) groups is 1. The zero-order valence-corrected chi connectivity index (χ0v) is 21.8. The third kappa shape index (κ3) is 7.64. The lowest BCUT2D eigenvalue weighted by Crippen LogP contribution is -2.50. The number of halogens is 1. The van der Waals surface area contributed by atoms with E-state index >= 15 is 0 Å². The molecular weight excluding hydrogens is 512 g/mol. The van der Waals surface area contributed by atoms with Crippen molar-refractivity contribution in [3.8, 4) is 5.75 Å². The fourth-order valence-corrected chi connectivity index (χ4v) is 4.93. The van der Waals surface area contributed by atoms with Gasteiger partial charge in [0.2, 0.25) is 11.8 Å². The molecule has 0 aromatic heterocycles. The van der Waals surface area contributed by atoms with Crippen LogP contribution in [0.4, 0.5) is 0 Å². The summed E-state index contributed by atoms with van der Waals surface area (Å²) >= 11 is 5.04. The quantitative estimate of drug-likeness (QED) is 0.368. The lowest BCUT2D eigenvalue weighted by molar-refractivity contribution is -0.139. The summed E-state index contributed by atoms with van der Waals surface area (Å²) in [7, 11) is 3.25. The Labute approximate surface area is 214 Å². The Morgan fingerprint density at radius 1 is 0.971 bits per heavy atom. The van der Waals surface area contributed by atoms with Gasteiger partial charge in [0.05, 0.1) is 12.9 Å². The van der Waals surface area contributed by atoms with Crippen LogP contribution in [-0.4, -0.2) is 42.7 Å². The maximum atomic E-state index is 13.5. The standard InChI is InChI=1S/C27H29BrN2O3S/c1-29-27(32)25(16-20-7-4-3-5-8-20)30(17-22-9-6-10-23(28)15-22)26(31)19-34-18-21-11-13-24(33-2)14-12-21/h3-15,25H,16-19H2,1-2H3,(H,29,32)/t25-/m0/s1. The molecule has 3 aromatic carbocycles. The third-order valence-corrected chi connectivity index (χ3v) is 6.89. The van der Waals surface area contributed by atoms with Crippen LogP contribution in [0.2, 0.25) is 0 Å². The van der Waals surface area contributed by atoms with Gasteiger partial charge in [-0.1, -0.05) is 70.5 Å². The summed E-state index contributed by atoms with van der Waals surface area (Å²) in [6, 6.07) is 24.8. The molecule has 0 unspecified atom stereocenters. The second-order valence-corrected chi connectivity index (χ2v) is 9.71. The van der Waals surface area contributed by atoms with E-state index in [4.69, 9.17) is 4.74 Å². The summed E-state index contributed by atoms with van der Waals surface area (Å²) in [5.41, 5.74) is 3.09. The fourth-order valence-electron chi connectivity index (χ4n) is 3.61. The van der Waals surface area contributed by atoms with E-state index < -0.39 is 6.04 Å². The molecule has 0 spiro atoms. The monoisotopic (exact) mass is 540 g/mol. The fraction of sp³-hybridized carbons (Fsp3) is 0.259. The van der Waals surface area contributed by atoms with Crippen LogP contribution in [0.1, 0.15) is 16.7 Å². The van der Waals surface area contributed by atoms with Crippen LogP contribution in [0.5, 0.6) is 5.75 Å². The van der Waals surface area contributed by atoms with E-state index in [2.05, 4.69) is 21.2 Å². The summed E-state index contributed by atoms with van der Waals surface area (Å²) < 4.78 is 6.14. The predicted octanol–water partition coefficient (Wildman–Crippen LogP) is 5.08. The van der Waals surface area contributed by atoms with Gasteiger partial charge in [0, 0.05) is 30.2 Å². The molecule has 178 valence electrons. The number of hydrogen-bond donors (Lipinski definition) is 1. The number of ether oxygens (including phenoxy) is 1. The Morgan fingerprint density at radius 2 is 1.68 bits per heavy atom. The minimum absolute atomic E-state index is 0.0666. The Kier molecular flexibility index (Phi) is 10.0. The van der Waals surface area contributed by atoms with Gasteiger partial charge in [0.1, 0.15) is 11.8 Å². The van der Waals surface area contributed by atoms with Crippen molar-refractivity contribution in [1.29, 1.82) is 0 Å². The maximum absolute atomic E-state index is 13.5. The molecule has 0 heterocycles. The van der Waals surface area contributed by atoms with Crippen molar-refractivity contribution in [2.75, 3.05) is 19.9 Å². The maximum Gasteiger partial charge on any atom is 0.242 e. The first-order valence-corrected chi connectivity index (χ1v) is 12.9. The molecule has 0 radical (unpaired) electrons. The van der Waals surface area contributed by atoms with Gasteiger partial charge in [-0.05, 0) is 41.0 Å². The first-order valence-electron chi connectivity index (χ1n) is 11.0. The summed E-state index contributed by atoms with van der Waals surface area (Å²) in [4.78, 5) is 28.1. The van der Waals surface area contributed by atoms with E-state index in [1.54, 1.807) is 19.1 Å². The third-order valence-electron chi connectivity index (χ3n) is 5.41. The van der Waals surface area contributed by atoms with Crippen molar-refractivity contribution >= 4 is 39.5 Å². The van der Waals surface area contributed by atoms with E-state index in [0.717, 1.165) is 26.9 Å². The van der Waals surface area contributed by atoms with Crippen LogP contribution in [0.25, 0.3) is 0 Å². The molecule has 1 N–H and O–H groups in total. The van der Waals surface area contributed by atoms with E-state index in [1.165, 1.54) is 11.8 Å². The van der Waals surface area contributed by atoms with Gasteiger partial charge >= 0.3 is 0 Å². The second kappa shape index (κ2) is 13.2. The van der Waals surface area contributed by atoms with Gasteiger partial charge in [-0.25, -0.2) is 0 Å². The largest absolute Gasteiger partial charge is 0.497 e. The molecule has 0 aliphatic rings. The van der Waals surface area contributed by atoms with E-state index in [1.807, 2.05) is 78.9 Å². The van der Waals surface area contributed by atoms with Crippen molar-refractivity contribution in [2.45, 2.75) is 24.8 Å². The summed E-state index contributed by atoms with van der Waals surface area (Å²) in [6.07, 6.45) is 0.448. The topological polar surface area (TPSA) is 58.6 Å². The van der Waals surface area contributed by atoms with Crippen molar-refractivity contribution in [2.24, 2.45) is 0 Å². The molecule has 0 bridgehead atoms. The molecule has 0 aliphatic carbocycles. The van der Waals surface area contributed by atoms with Gasteiger partial charge in [0.25, 0.3) is 0 Å². The van der Waals surface area contributed by atoms with Gasteiger partial charge in [-0.2, -0.15) is 0 Å². The first kappa shape index (κ1) is 25.8. The van der Waals surface area contributed by atoms with Crippen LogP contribution < -0.4 is 10.1 Å². The molecule has 2 amide bonds. The molecule has 7 heteroatoms. The minimum Gasteiger partial charge on any atom is -0.497 e. The number of carbonyl (C=O) groups is 2. The van der Waals surface area contributed by atoms with Gasteiger partial charge in [-0.15, -0.1) is 11.8 Å². The number of nitrogens with zero attached hydrogens (tertiary/aromatic N) is 1. The molecule has 0 fully saturated rings. The van der Waals surface area contributed by atoms with E-state index in [9.17, 15) is 9.59 Å². The highest BCUT2D eigenvalue weighted by Gasteiger charge is 2.29. The Bertz CT molecular complexity index is 1080. The van der Waals surface area contributed by atoms with Crippen molar-refractivity contribution < 1.29 is 14.3 Å². The van der Waals surface area contributed by atoms with Crippen molar-refractivity contribution in [1.82, 2.24) is 10.2 Å². The second-order valence-electron chi connectivity index (χ2n) is 7.81. The zero-order valence-electron chi connectivity index (χ0n) is 19.4. The highest BCUT2D eigenvalue weighted by atomic mass is 79.9. The molecule has 5 nitrogen and oxygen atoms in total. The highest BCUT2D eigenvalue weighted by Crippen LogP contribution is 2.21. The zero-order chi connectivity index (χ0) is 24.3. The van der Waals surface area contributed by atoms with Crippen LogP contribution in [-0.2, 0) is 28.3 Å². The first-order chi connectivity index (χ1) is 16.5. The molecule has 3 aromatic rings.